The normalized spacial score (nSPS) is 20.2. The molecule has 4 rings (SSSR count). The number of rotatable bonds is 5. The van der Waals surface area contributed by atoms with E-state index in [1.807, 2.05) is 29.3 Å². The molecule has 29 heavy (non-hydrogen) atoms. The lowest BCUT2D eigenvalue weighted by Gasteiger charge is -2.28. The van der Waals surface area contributed by atoms with E-state index in [1.165, 1.54) is 5.56 Å². The summed E-state index contributed by atoms with van der Waals surface area (Å²) in [5.41, 5.74) is 2.31. The second kappa shape index (κ2) is 8.37. The lowest BCUT2D eigenvalue weighted by Crippen LogP contribution is -2.40. The highest BCUT2D eigenvalue weighted by molar-refractivity contribution is 5.81. The number of likely N-dealkylation sites (tertiary alicyclic amines) is 1. The number of fused-ring (bicyclic) bond motifs is 1. The van der Waals surface area contributed by atoms with Crippen LogP contribution in [0.1, 0.15) is 42.9 Å². The van der Waals surface area contributed by atoms with Crippen molar-refractivity contribution in [3.05, 3.63) is 47.5 Å². The zero-order chi connectivity index (χ0) is 20.4. The first-order chi connectivity index (χ1) is 14.0. The number of likely N-dealkylation sites (N-methyl/N-ethyl adjacent to an activating group) is 1. The zero-order valence-corrected chi connectivity index (χ0v) is 17.3. The maximum Gasteiger partial charge on any atom is 0.263 e. The number of amides is 1. The minimum Gasteiger partial charge on any atom is -0.497 e. The molecule has 1 saturated heterocycles. The monoisotopic (exact) mass is 396 g/mol. The third-order valence-corrected chi connectivity index (χ3v) is 5.68. The fraction of sp³-hybridized carbons (Fsp3) is 0.500. The fourth-order valence-electron chi connectivity index (χ4n) is 4.09. The highest BCUT2D eigenvalue weighted by Crippen LogP contribution is 2.32. The van der Waals surface area contributed by atoms with Crippen LogP contribution >= 0.6 is 0 Å². The first-order valence-electron chi connectivity index (χ1n) is 10.2. The molecule has 1 amide bonds. The van der Waals surface area contributed by atoms with E-state index in [0.29, 0.717) is 18.0 Å². The average molecular weight is 396 g/mol. The van der Waals surface area contributed by atoms with E-state index in [0.717, 1.165) is 43.9 Å². The first kappa shape index (κ1) is 19.6. The van der Waals surface area contributed by atoms with E-state index in [9.17, 15) is 4.79 Å². The van der Waals surface area contributed by atoms with Crippen LogP contribution in [0, 0.1) is 0 Å². The van der Waals surface area contributed by atoms with Gasteiger partial charge in [0.2, 0.25) is 0 Å². The smallest absolute Gasteiger partial charge is 0.263 e. The number of carbonyl (C=O) groups is 1. The van der Waals surface area contributed by atoms with Crippen LogP contribution in [0.15, 0.2) is 30.5 Å². The third kappa shape index (κ3) is 4.19. The Kier molecular flexibility index (Phi) is 5.67. The summed E-state index contributed by atoms with van der Waals surface area (Å²) in [5.74, 6) is 2.05. The molecule has 2 aliphatic heterocycles. The third-order valence-electron chi connectivity index (χ3n) is 5.68. The predicted octanol–water partition coefficient (Wildman–Crippen LogP) is 2.60. The van der Waals surface area contributed by atoms with Gasteiger partial charge in [-0.1, -0.05) is 6.07 Å². The quantitative estimate of drug-likeness (QED) is 0.774. The van der Waals surface area contributed by atoms with Crippen LogP contribution in [-0.4, -0.2) is 59.0 Å². The van der Waals surface area contributed by atoms with Gasteiger partial charge in [0.25, 0.3) is 5.91 Å². The van der Waals surface area contributed by atoms with Crippen molar-refractivity contribution in [2.24, 2.45) is 0 Å². The highest BCUT2D eigenvalue weighted by atomic mass is 16.5. The van der Waals surface area contributed by atoms with Crippen LogP contribution in [0.2, 0.25) is 0 Å². The molecule has 1 aromatic carbocycles. The number of hydrogen-bond donors (Lipinski definition) is 0. The molecule has 2 aliphatic rings. The molecule has 0 N–H and O–H groups in total. The Morgan fingerprint density at radius 1 is 1.28 bits per heavy atom. The lowest BCUT2D eigenvalue weighted by atomic mass is 10.1. The second-order valence-corrected chi connectivity index (χ2v) is 7.82. The van der Waals surface area contributed by atoms with Gasteiger partial charge in [0.15, 0.2) is 11.9 Å². The number of aromatic nitrogens is 2. The molecule has 1 aromatic heterocycles. The van der Waals surface area contributed by atoms with E-state index < -0.39 is 6.10 Å². The molecule has 7 nitrogen and oxygen atoms in total. The standard InChI is InChI=1S/C22H28N4O3/c1-15(29-18-7-4-6-17(12-18)28-3)22(27)26-10-5-8-20(26)21-23-13-16-14-25(2)11-9-19(16)24-21/h4,6-7,12-13,15,20H,5,8-11,14H2,1-3H3/t15-,20+/m0/s1. The molecule has 0 radical (unpaired) electrons. The number of benzene rings is 1. The molecule has 0 bridgehead atoms. The summed E-state index contributed by atoms with van der Waals surface area (Å²) in [4.78, 5) is 26.7. The maximum atomic E-state index is 13.1. The van der Waals surface area contributed by atoms with E-state index in [4.69, 9.17) is 14.5 Å². The van der Waals surface area contributed by atoms with Gasteiger partial charge >= 0.3 is 0 Å². The Labute approximate surface area is 171 Å². The van der Waals surface area contributed by atoms with Gasteiger partial charge in [0, 0.05) is 49.6 Å². The summed E-state index contributed by atoms with van der Waals surface area (Å²) in [7, 11) is 3.72. The topological polar surface area (TPSA) is 67.8 Å². The minimum absolute atomic E-state index is 0.0311. The van der Waals surface area contributed by atoms with Crippen LogP contribution in [0.3, 0.4) is 0 Å². The summed E-state index contributed by atoms with van der Waals surface area (Å²) in [6, 6.07) is 7.24. The molecule has 1 fully saturated rings. The van der Waals surface area contributed by atoms with Gasteiger partial charge < -0.3 is 19.3 Å². The van der Waals surface area contributed by atoms with Crippen LogP contribution in [0.4, 0.5) is 0 Å². The van der Waals surface area contributed by atoms with Crippen molar-refractivity contribution < 1.29 is 14.3 Å². The Hall–Kier alpha value is -2.67. The largest absolute Gasteiger partial charge is 0.497 e. The molecular weight excluding hydrogens is 368 g/mol. The molecule has 0 aliphatic carbocycles. The average Bonchev–Trinajstić information content (AvgIpc) is 3.22. The number of methoxy groups -OCH3 is 1. The molecular formula is C22H28N4O3. The van der Waals surface area contributed by atoms with E-state index >= 15 is 0 Å². The van der Waals surface area contributed by atoms with Gasteiger partial charge in [-0.15, -0.1) is 0 Å². The Morgan fingerprint density at radius 2 is 2.10 bits per heavy atom. The number of nitrogens with zero attached hydrogens (tertiary/aromatic N) is 4. The van der Waals surface area contributed by atoms with E-state index in [-0.39, 0.29) is 11.9 Å². The predicted molar refractivity (Wildman–Crippen MR) is 109 cm³/mol. The number of carbonyl (C=O) groups excluding carboxylic acids is 1. The fourth-order valence-corrected chi connectivity index (χ4v) is 4.09. The summed E-state index contributed by atoms with van der Waals surface area (Å²) in [5, 5.41) is 0. The van der Waals surface area contributed by atoms with E-state index in [2.05, 4.69) is 16.9 Å². The first-order valence-corrected chi connectivity index (χ1v) is 10.2. The van der Waals surface area contributed by atoms with Crippen molar-refractivity contribution in [3.8, 4) is 11.5 Å². The second-order valence-electron chi connectivity index (χ2n) is 7.82. The van der Waals surface area contributed by atoms with Crippen molar-refractivity contribution in [1.82, 2.24) is 19.8 Å². The summed E-state index contributed by atoms with van der Waals surface area (Å²) >= 11 is 0. The van der Waals surface area contributed by atoms with Crippen LogP contribution in [0.25, 0.3) is 0 Å². The Bertz CT molecular complexity index is 888. The van der Waals surface area contributed by atoms with Gasteiger partial charge in [-0.05, 0) is 38.9 Å². The Morgan fingerprint density at radius 3 is 2.93 bits per heavy atom. The van der Waals surface area contributed by atoms with Crippen molar-refractivity contribution in [2.75, 3.05) is 27.2 Å². The zero-order valence-electron chi connectivity index (χ0n) is 17.3. The summed E-state index contributed by atoms with van der Waals surface area (Å²) < 4.78 is 11.1. The maximum absolute atomic E-state index is 13.1. The minimum atomic E-state index is -0.589. The van der Waals surface area contributed by atoms with Gasteiger partial charge in [-0.2, -0.15) is 0 Å². The van der Waals surface area contributed by atoms with Crippen molar-refractivity contribution in [3.63, 3.8) is 0 Å². The van der Waals surface area contributed by atoms with Gasteiger partial charge in [-0.25, -0.2) is 9.97 Å². The molecule has 0 spiro atoms. The van der Waals surface area contributed by atoms with Gasteiger partial charge in [0.05, 0.1) is 13.2 Å². The van der Waals surface area contributed by atoms with Crippen molar-refractivity contribution in [2.45, 2.75) is 44.9 Å². The molecule has 7 heteroatoms. The molecule has 2 atom stereocenters. The SMILES string of the molecule is COc1cccc(O[C@@H](C)C(=O)N2CCC[C@@H]2c2ncc3c(n2)CCN(C)C3)c1. The van der Waals surface area contributed by atoms with Gasteiger partial charge in [0.1, 0.15) is 11.5 Å². The van der Waals surface area contributed by atoms with Crippen LogP contribution in [0.5, 0.6) is 11.5 Å². The molecule has 0 saturated carbocycles. The van der Waals surface area contributed by atoms with Crippen molar-refractivity contribution >= 4 is 5.91 Å². The van der Waals surface area contributed by atoms with Gasteiger partial charge in [-0.3, -0.25) is 4.79 Å². The Balaban J connectivity index is 1.48. The number of ether oxygens (including phenoxy) is 2. The highest BCUT2D eigenvalue weighted by Gasteiger charge is 2.35. The lowest BCUT2D eigenvalue weighted by molar-refractivity contribution is -0.139. The molecule has 154 valence electrons. The molecule has 0 unspecified atom stereocenters. The van der Waals surface area contributed by atoms with Crippen LogP contribution in [-0.2, 0) is 17.8 Å². The number of hydrogen-bond acceptors (Lipinski definition) is 6. The van der Waals surface area contributed by atoms with Crippen molar-refractivity contribution in [1.29, 1.82) is 0 Å². The molecule has 3 heterocycles. The molecule has 2 aromatic rings. The summed E-state index contributed by atoms with van der Waals surface area (Å²) in [6.45, 7) is 4.38. The summed E-state index contributed by atoms with van der Waals surface area (Å²) in [6.07, 6.45) is 4.11. The van der Waals surface area contributed by atoms with E-state index in [1.54, 1.807) is 20.1 Å². The van der Waals surface area contributed by atoms with Crippen LogP contribution < -0.4 is 9.47 Å².